The van der Waals surface area contributed by atoms with Gasteiger partial charge in [-0.1, -0.05) is 18.9 Å². The van der Waals surface area contributed by atoms with Gasteiger partial charge in [0.1, 0.15) is 5.69 Å². The van der Waals surface area contributed by atoms with Gasteiger partial charge in [0.15, 0.2) is 0 Å². The standard InChI is InChI=1S/C12H16N2O3/c13-11-6-5-9(7-12(11)14(15)16)8-17-10-3-1-2-4-10/h5-7,10H,1-4,8,13H2. The molecule has 1 aromatic carbocycles. The Hall–Kier alpha value is -1.62. The molecule has 0 unspecified atom stereocenters. The van der Waals surface area contributed by atoms with E-state index in [1.54, 1.807) is 12.1 Å². The Kier molecular flexibility index (Phi) is 3.58. The highest BCUT2D eigenvalue weighted by molar-refractivity contribution is 5.59. The van der Waals surface area contributed by atoms with Crippen molar-refractivity contribution in [1.82, 2.24) is 0 Å². The lowest BCUT2D eigenvalue weighted by atomic mass is 10.2. The fourth-order valence-corrected chi connectivity index (χ4v) is 2.11. The number of ether oxygens (including phenoxy) is 1. The molecule has 5 nitrogen and oxygen atoms in total. The highest BCUT2D eigenvalue weighted by Crippen LogP contribution is 2.25. The second kappa shape index (κ2) is 5.14. The van der Waals surface area contributed by atoms with Gasteiger partial charge in [0.2, 0.25) is 0 Å². The molecule has 1 aliphatic rings. The van der Waals surface area contributed by atoms with Crippen LogP contribution < -0.4 is 5.73 Å². The largest absolute Gasteiger partial charge is 0.393 e. The Labute approximate surface area is 99.7 Å². The lowest BCUT2D eigenvalue weighted by molar-refractivity contribution is -0.384. The zero-order chi connectivity index (χ0) is 12.3. The minimum atomic E-state index is -0.464. The predicted octanol–water partition coefficient (Wildman–Crippen LogP) is 2.64. The third-order valence-corrected chi connectivity index (χ3v) is 3.08. The van der Waals surface area contributed by atoms with Crippen LogP contribution in [-0.4, -0.2) is 11.0 Å². The highest BCUT2D eigenvalue weighted by atomic mass is 16.6. The number of hydrogen-bond donors (Lipinski definition) is 1. The summed E-state index contributed by atoms with van der Waals surface area (Å²) in [5, 5.41) is 10.7. The quantitative estimate of drug-likeness (QED) is 0.495. The number of hydrogen-bond acceptors (Lipinski definition) is 4. The van der Waals surface area contributed by atoms with E-state index in [4.69, 9.17) is 10.5 Å². The van der Waals surface area contributed by atoms with E-state index < -0.39 is 4.92 Å². The maximum atomic E-state index is 10.7. The monoisotopic (exact) mass is 236 g/mol. The van der Waals surface area contributed by atoms with E-state index in [1.165, 1.54) is 18.9 Å². The summed E-state index contributed by atoms with van der Waals surface area (Å²) < 4.78 is 5.70. The van der Waals surface area contributed by atoms with E-state index in [2.05, 4.69) is 0 Å². The van der Waals surface area contributed by atoms with Gasteiger partial charge in [-0.15, -0.1) is 0 Å². The van der Waals surface area contributed by atoms with Gasteiger partial charge in [0, 0.05) is 6.07 Å². The summed E-state index contributed by atoms with van der Waals surface area (Å²) in [7, 11) is 0. The molecule has 1 fully saturated rings. The molecule has 0 aromatic heterocycles. The molecule has 0 saturated heterocycles. The first-order valence-corrected chi connectivity index (χ1v) is 5.81. The van der Waals surface area contributed by atoms with Crippen molar-refractivity contribution in [1.29, 1.82) is 0 Å². The van der Waals surface area contributed by atoms with E-state index in [9.17, 15) is 10.1 Å². The number of anilines is 1. The van der Waals surface area contributed by atoms with Crippen LogP contribution in [0.15, 0.2) is 18.2 Å². The number of nitro benzene ring substituents is 1. The van der Waals surface area contributed by atoms with E-state index >= 15 is 0 Å². The van der Waals surface area contributed by atoms with Crippen molar-refractivity contribution in [3.8, 4) is 0 Å². The molecular weight excluding hydrogens is 220 g/mol. The normalized spacial score (nSPS) is 16.2. The SMILES string of the molecule is Nc1ccc(COC2CCCC2)cc1[N+](=O)[O-]. The van der Waals surface area contributed by atoms with E-state index in [1.807, 2.05) is 0 Å². The molecule has 2 N–H and O–H groups in total. The van der Waals surface area contributed by atoms with Crippen LogP contribution >= 0.6 is 0 Å². The van der Waals surface area contributed by atoms with Crippen LogP contribution in [0.1, 0.15) is 31.2 Å². The molecule has 0 radical (unpaired) electrons. The molecular formula is C12H16N2O3. The maximum Gasteiger partial charge on any atom is 0.292 e. The highest BCUT2D eigenvalue weighted by Gasteiger charge is 2.16. The van der Waals surface area contributed by atoms with Crippen LogP contribution in [0.2, 0.25) is 0 Å². The summed E-state index contributed by atoms with van der Waals surface area (Å²) in [6.45, 7) is 0.422. The Morgan fingerprint density at radius 3 is 2.76 bits per heavy atom. The number of nitrogens with zero attached hydrogens (tertiary/aromatic N) is 1. The van der Waals surface area contributed by atoms with Crippen molar-refractivity contribution in [2.75, 3.05) is 5.73 Å². The number of nitrogen functional groups attached to an aromatic ring is 1. The van der Waals surface area contributed by atoms with Gasteiger partial charge >= 0.3 is 0 Å². The van der Waals surface area contributed by atoms with E-state index in [-0.39, 0.29) is 11.4 Å². The Morgan fingerprint density at radius 1 is 1.41 bits per heavy atom. The molecule has 1 saturated carbocycles. The average molecular weight is 236 g/mol. The lowest BCUT2D eigenvalue weighted by Gasteiger charge is -2.11. The topological polar surface area (TPSA) is 78.4 Å². The molecule has 5 heteroatoms. The maximum absolute atomic E-state index is 10.7. The third-order valence-electron chi connectivity index (χ3n) is 3.08. The molecule has 1 aromatic rings. The van der Waals surface area contributed by atoms with Gasteiger partial charge in [-0.3, -0.25) is 10.1 Å². The van der Waals surface area contributed by atoms with Gasteiger partial charge in [-0.25, -0.2) is 0 Å². The minimum absolute atomic E-state index is 0.0440. The first-order valence-electron chi connectivity index (χ1n) is 5.81. The van der Waals surface area contributed by atoms with Crippen LogP contribution in [0.25, 0.3) is 0 Å². The first kappa shape index (κ1) is 11.9. The fraction of sp³-hybridized carbons (Fsp3) is 0.500. The van der Waals surface area contributed by atoms with Crippen LogP contribution in [0.5, 0.6) is 0 Å². The van der Waals surface area contributed by atoms with Gasteiger partial charge in [0.05, 0.1) is 17.6 Å². The fourth-order valence-electron chi connectivity index (χ4n) is 2.11. The molecule has 0 bridgehead atoms. The van der Waals surface area contributed by atoms with Gasteiger partial charge in [-0.2, -0.15) is 0 Å². The summed E-state index contributed by atoms with van der Waals surface area (Å²) in [6.07, 6.45) is 4.93. The lowest BCUT2D eigenvalue weighted by Crippen LogP contribution is -2.07. The zero-order valence-electron chi connectivity index (χ0n) is 9.59. The predicted molar refractivity (Wildman–Crippen MR) is 64.6 cm³/mol. The summed E-state index contributed by atoms with van der Waals surface area (Å²) in [5.74, 6) is 0. The van der Waals surface area contributed by atoms with Crippen molar-refractivity contribution < 1.29 is 9.66 Å². The van der Waals surface area contributed by atoms with Crippen LogP contribution in [0, 0.1) is 10.1 Å². The zero-order valence-corrected chi connectivity index (χ0v) is 9.59. The first-order chi connectivity index (χ1) is 8.16. The smallest absolute Gasteiger partial charge is 0.292 e. The molecule has 0 amide bonds. The Balaban J connectivity index is 2.00. The molecule has 0 aliphatic heterocycles. The number of benzene rings is 1. The van der Waals surface area contributed by atoms with Gasteiger partial charge in [-0.05, 0) is 24.5 Å². The van der Waals surface area contributed by atoms with Gasteiger partial charge in [0.25, 0.3) is 5.69 Å². The Bertz CT molecular complexity index is 414. The van der Waals surface area contributed by atoms with Crippen molar-refractivity contribution in [2.24, 2.45) is 0 Å². The van der Waals surface area contributed by atoms with E-state index in [0.717, 1.165) is 18.4 Å². The second-order valence-corrected chi connectivity index (χ2v) is 4.37. The number of nitro groups is 1. The van der Waals surface area contributed by atoms with E-state index in [0.29, 0.717) is 12.7 Å². The average Bonchev–Trinajstić information content (AvgIpc) is 2.80. The van der Waals surface area contributed by atoms with Crippen molar-refractivity contribution in [3.63, 3.8) is 0 Å². The van der Waals surface area contributed by atoms with Gasteiger partial charge < -0.3 is 10.5 Å². The molecule has 2 rings (SSSR count). The van der Waals surface area contributed by atoms with Crippen molar-refractivity contribution >= 4 is 11.4 Å². The molecule has 92 valence electrons. The number of nitrogens with two attached hydrogens (primary N) is 1. The van der Waals surface area contributed by atoms with Crippen LogP contribution in [-0.2, 0) is 11.3 Å². The molecule has 17 heavy (non-hydrogen) atoms. The Morgan fingerprint density at radius 2 is 2.12 bits per heavy atom. The van der Waals surface area contributed by atoms with Crippen molar-refractivity contribution in [3.05, 3.63) is 33.9 Å². The number of rotatable bonds is 4. The molecule has 0 heterocycles. The van der Waals surface area contributed by atoms with Crippen molar-refractivity contribution in [2.45, 2.75) is 38.4 Å². The summed E-state index contributed by atoms with van der Waals surface area (Å²) in [4.78, 5) is 10.3. The molecule has 1 aliphatic carbocycles. The van der Waals surface area contributed by atoms with Crippen LogP contribution in [0.3, 0.4) is 0 Å². The summed E-state index contributed by atoms with van der Waals surface area (Å²) in [5.41, 5.74) is 6.48. The molecule has 0 atom stereocenters. The second-order valence-electron chi connectivity index (χ2n) is 4.37. The minimum Gasteiger partial charge on any atom is -0.393 e. The summed E-state index contributed by atoms with van der Waals surface area (Å²) in [6, 6.07) is 4.83. The van der Waals surface area contributed by atoms with Crippen LogP contribution in [0.4, 0.5) is 11.4 Å². The third kappa shape index (κ3) is 2.94. The summed E-state index contributed by atoms with van der Waals surface area (Å²) >= 11 is 0. The molecule has 0 spiro atoms.